The standard InChI is InChI=1S/C10H23NO/c1-6-8-9(11-4)10(3,7-2)12-5/h9,11H,6-8H2,1-5H3. The van der Waals surface area contributed by atoms with Gasteiger partial charge in [0.2, 0.25) is 0 Å². The van der Waals surface area contributed by atoms with Crippen molar-refractivity contribution in [1.82, 2.24) is 5.32 Å². The van der Waals surface area contributed by atoms with Crippen LogP contribution >= 0.6 is 0 Å². The lowest BCUT2D eigenvalue weighted by Gasteiger charge is -2.35. The van der Waals surface area contributed by atoms with Crippen molar-refractivity contribution in [3.63, 3.8) is 0 Å². The van der Waals surface area contributed by atoms with Crippen LogP contribution in [0, 0.1) is 0 Å². The van der Waals surface area contributed by atoms with Crippen LogP contribution in [0.3, 0.4) is 0 Å². The van der Waals surface area contributed by atoms with Crippen LogP contribution in [0.5, 0.6) is 0 Å². The maximum atomic E-state index is 5.53. The van der Waals surface area contributed by atoms with Crippen LogP contribution in [0.25, 0.3) is 0 Å². The van der Waals surface area contributed by atoms with Crippen molar-refractivity contribution < 1.29 is 4.74 Å². The van der Waals surface area contributed by atoms with Crippen molar-refractivity contribution in [1.29, 1.82) is 0 Å². The molecule has 2 nitrogen and oxygen atoms in total. The van der Waals surface area contributed by atoms with Crippen molar-refractivity contribution in [2.24, 2.45) is 0 Å². The van der Waals surface area contributed by atoms with E-state index in [2.05, 4.69) is 26.1 Å². The molecule has 74 valence electrons. The predicted octanol–water partition coefficient (Wildman–Crippen LogP) is 2.19. The Morgan fingerprint density at radius 1 is 1.42 bits per heavy atom. The van der Waals surface area contributed by atoms with E-state index in [0.717, 1.165) is 6.42 Å². The largest absolute Gasteiger partial charge is 0.377 e. The molecule has 0 aliphatic rings. The summed E-state index contributed by atoms with van der Waals surface area (Å²) in [6.07, 6.45) is 3.42. The molecule has 0 saturated carbocycles. The molecule has 0 saturated heterocycles. The second-order valence-corrected chi connectivity index (χ2v) is 3.50. The molecule has 0 aromatic rings. The highest BCUT2D eigenvalue weighted by molar-refractivity contribution is 4.86. The molecule has 0 heterocycles. The van der Waals surface area contributed by atoms with Gasteiger partial charge in [0.25, 0.3) is 0 Å². The highest BCUT2D eigenvalue weighted by Gasteiger charge is 2.30. The zero-order valence-electron chi connectivity index (χ0n) is 9.11. The average Bonchev–Trinajstić information content (AvgIpc) is 2.13. The first-order chi connectivity index (χ1) is 5.64. The Hall–Kier alpha value is -0.0800. The van der Waals surface area contributed by atoms with Crippen LogP contribution < -0.4 is 5.32 Å². The first-order valence-electron chi connectivity index (χ1n) is 4.87. The van der Waals surface area contributed by atoms with E-state index in [1.807, 2.05) is 7.05 Å². The van der Waals surface area contributed by atoms with Gasteiger partial charge in [-0.25, -0.2) is 0 Å². The number of hydrogen-bond acceptors (Lipinski definition) is 2. The summed E-state index contributed by atoms with van der Waals surface area (Å²) in [5.41, 5.74) is -0.00917. The predicted molar refractivity (Wildman–Crippen MR) is 53.5 cm³/mol. The monoisotopic (exact) mass is 173 g/mol. The molecule has 0 aromatic heterocycles. The molecule has 2 unspecified atom stereocenters. The molecule has 0 fully saturated rings. The molecular weight excluding hydrogens is 150 g/mol. The fourth-order valence-electron chi connectivity index (χ4n) is 1.58. The Balaban J connectivity index is 4.21. The molecule has 1 N–H and O–H groups in total. The van der Waals surface area contributed by atoms with Gasteiger partial charge in [-0.1, -0.05) is 20.3 Å². The van der Waals surface area contributed by atoms with E-state index < -0.39 is 0 Å². The van der Waals surface area contributed by atoms with Crippen molar-refractivity contribution in [2.75, 3.05) is 14.2 Å². The van der Waals surface area contributed by atoms with Gasteiger partial charge in [0, 0.05) is 13.2 Å². The van der Waals surface area contributed by atoms with Gasteiger partial charge in [0.15, 0.2) is 0 Å². The number of methoxy groups -OCH3 is 1. The van der Waals surface area contributed by atoms with Crippen LogP contribution in [0.4, 0.5) is 0 Å². The first kappa shape index (κ1) is 11.9. The Labute approximate surface area is 76.7 Å². The van der Waals surface area contributed by atoms with Crippen LogP contribution in [0.1, 0.15) is 40.0 Å². The summed E-state index contributed by atoms with van der Waals surface area (Å²) >= 11 is 0. The summed E-state index contributed by atoms with van der Waals surface area (Å²) < 4.78 is 5.53. The van der Waals surface area contributed by atoms with Gasteiger partial charge < -0.3 is 10.1 Å². The maximum absolute atomic E-state index is 5.53. The lowest BCUT2D eigenvalue weighted by Crippen LogP contribution is -2.48. The Bertz CT molecular complexity index is 110. The van der Waals surface area contributed by atoms with Gasteiger partial charge in [-0.3, -0.25) is 0 Å². The van der Waals surface area contributed by atoms with E-state index in [0.29, 0.717) is 6.04 Å². The summed E-state index contributed by atoms with van der Waals surface area (Å²) in [5, 5.41) is 3.32. The van der Waals surface area contributed by atoms with E-state index in [4.69, 9.17) is 4.74 Å². The van der Waals surface area contributed by atoms with Crippen LogP contribution in [0.15, 0.2) is 0 Å². The molecule has 2 atom stereocenters. The second-order valence-electron chi connectivity index (χ2n) is 3.50. The molecule has 0 rings (SSSR count). The summed E-state index contributed by atoms with van der Waals surface area (Å²) in [7, 11) is 3.80. The molecular formula is C10H23NO. The van der Waals surface area contributed by atoms with Crippen LogP contribution in [-0.4, -0.2) is 25.8 Å². The van der Waals surface area contributed by atoms with Gasteiger partial charge in [-0.05, 0) is 26.8 Å². The smallest absolute Gasteiger partial charge is 0.0800 e. The molecule has 0 aliphatic carbocycles. The van der Waals surface area contributed by atoms with Gasteiger partial charge >= 0.3 is 0 Å². The van der Waals surface area contributed by atoms with E-state index in [-0.39, 0.29) is 5.60 Å². The van der Waals surface area contributed by atoms with Gasteiger partial charge in [-0.2, -0.15) is 0 Å². The molecule has 0 aliphatic heterocycles. The number of ether oxygens (including phenoxy) is 1. The minimum absolute atomic E-state index is 0.00917. The third-order valence-electron chi connectivity index (χ3n) is 2.83. The minimum Gasteiger partial charge on any atom is -0.377 e. The highest BCUT2D eigenvalue weighted by Crippen LogP contribution is 2.21. The SMILES string of the molecule is CCCC(NC)C(C)(CC)OC. The number of nitrogens with one attached hydrogen (secondary N) is 1. The zero-order chi connectivity index (χ0) is 9.61. The number of likely N-dealkylation sites (N-methyl/N-ethyl adjacent to an activating group) is 1. The Morgan fingerprint density at radius 3 is 2.25 bits per heavy atom. The normalized spacial score (nSPS) is 18.8. The van der Waals surface area contributed by atoms with E-state index >= 15 is 0 Å². The quantitative estimate of drug-likeness (QED) is 0.665. The lowest BCUT2D eigenvalue weighted by atomic mass is 9.90. The van der Waals surface area contributed by atoms with Crippen molar-refractivity contribution in [2.45, 2.75) is 51.7 Å². The average molecular weight is 173 g/mol. The van der Waals surface area contributed by atoms with E-state index in [1.165, 1.54) is 12.8 Å². The topological polar surface area (TPSA) is 21.3 Å². The lowest BCUT2D eigenvalue weighted by molar-refractivity contribution is -0.0292. The zero-order valence-corrected chi connectivity index (χ0v) is 9.11. The van der Waals surface area contributed by atoms with Crippen molar-refractivity contribution in [3.8, 4) is 0 Å². The Morgan fingerprint density at radius 2 is 2.00 bits per heavy atom. The summed E-state index contributed by atoms with van der Waals surface area (Å²) in [6, 6.07) is 0.470. The van der Waals surface area contributed by atoms with E-state index in [9.17, 15) is 0 Å². The van der Waals surface area contributed by atoms with Crippen LogP contribution in [-0.2, 0) is 4.74 Å². The minimum atomic E-state index is -0.00917. The van der Waals surface area contributed by atoms with Gasteiger partial charge in [0.05, 0.1) is 5.60 Å². The molecule has 0 radical (unpaired) electrons. The van der Waals surface area contributed by atoms with E-state index in [1.54, 1.807) is 7.11 Å². The fraction of sp³-hybridized carbons (Fsp3) is 1.00. The number of rotatable bonds is 6. The van der Waals surface area contributed by atoms with Gasteiger partial charge in [-0.15, -0.1) is 0 Å². The van der Waals surface area contributed by atoms with Crippen molar-refractivity contribution >= 4 is 0 Å². The number of hydrogen-bond donors (Lipinski definition) is 1. The molecule has 0 spiro atoms. The first-order valence-corrected chi connectivity index (χ1v) is 4.87. The third kappa shape index (κ3) is 2.76. The Kier molecular flexibility index (Phi) is 5.51. The summed E-state index contributed by atoms with van der Waals surface area (Å²) in [5.74, 6) is 0. The summed E-state index contributed by atoms with van der Waals surface area (Å²) in [6.45, 7) is 6.55. The molecule has 12 heavy (non-hydrogen) atoms. The van der Waals surface area contributed by atoms with Gasteiger partial charge in [0.1, 0.15) is 0 Å². The second kappa shape index (κ2) is 5.55. The molecule has 0 amide bonds. The molecule has 0 aromatic carbocycles. The van der Waals surface area contributed by atoms with Crippen molar-refractivity contribution in [3.05, 3.63) is 0 Å². The van der Waals surface area contributed by atoms with Crippen LogP contribution in [0.2, 0.25) is 0 Å². The molecule has 2 heteroatoms. The highest BCUT2D eigenvalue weighted by atomic mass is 16.5. The maximum Gasteiger partial charge on any atom is 0.0800 e. The fourth-order valence-corrected chi connectivity index (χ4v) is 1.58. The molecule has 0 bridgehead atoms. The summed E-state index contributed by atoms with van der Waals surface area (Å²) in [4.78, 5) is 0. The third-order valence-corrected chi connectivity index (χ3v) is 2.83.